The smallest absolute Gasteiger partial charge is 0.271 e. The molecule has 0 saturated heterocycles. The number of ether oxygens (including phenoxy) is 1. The Hall–Kier alpha value is -1.69. The van der Waals surface area contributed by atoms with Crippen molar-refractivity contribution in [3.05, 3.63) is 18.1 Å². The van der Waals surface area contributed by atoms with E-state index < -0.39 is 0 Å². The number of nitrogen functional groups attached to an aromatic ring is 1. The third-order valence-electron chi connectivity index (χ3n) is 2.95. The van der Waals surface area contributed by atoms with Gasteiger partial charge in [0.05, 0.1) is 25.1 Å². The Bertz CT molecular complexity index is 388. The number of anilines is 1. The fraction of sp³-hybridized carbons (Fsp3) is 0.583. The highest BCUT2D eigenvalue weighted by molar-refractivity contribution is 5.91. The molecule has 1 aliphatic carbocycles. The quantitative estimate of drug-likeness (QED) is 0.752. The fourth-order valence-corrected chi connectivity index (χ4v) is 1.99. The van der Waals surface area contributed by atoms with Crippen molar-refractivity contribution in [2.24, 2.45) is 0 Å². The summed E-state index contributed by atoms with van der Waals surface area (Å²) in [7, 11) is 0. The van der Waals surface area contributed by atoms with Crippen molar-refractivity contribution in [2.75, 3.05) is 18.9 Å². The van der Waals surface area contributed by atoms with E-state index in [4.69, 9.17) is 10.5 Å². The molecule has 3 N–H and O–H groups in total. The molecule has 0 unspecified atom stereocenters. The van der Waals surface area contributed by atoms with Crippen LogP contribution in [-0.2, 0) is 4.74 Å². The van der Waals surface area contributed by atoms with Gasteiger partial charge in [0.1, 0.15) is 11.5 Å². The maximum atomic E-state index is 11.6. The van der Waals surface area contributed by atoms with E-state index in [9.17, 15) is 4.79 Å². The number of carbonyl (C=O) groups is 1. The van der Waals surface area contributed by atoms with Crippen molar-refractivity contribution in [3.63, 3.8) is 0 Å². The SMILES string of the molecule is Nc1cnc(C(=O)NCCOC2CCCC2)cn1. The van der Waals surface area contributed by atoms with E-state index in [1.807, 2.05) is 0 Å². The van der Waals surface area contributed by atoms with Crippen LogP contribution in [0, 0.1) is 0 Å². The largest absolute Gasteiger partial charge is 0.382 e. The maximum absolute atomic E-state index is 11.6. The molecule has 1 fully saturated rings. The second-order valence-corrected chi connectivity index (χ2v) is 4.36. The zero-order chi connectivity index (χ0) is 12.8. The topological polar surface area (TPSA) is 90.1 Å². The highest BCUT2D eigenvalue weighted by Gasteiger charge is 2.15. The van der Waals surface area contributed by atoms with Gasteiger partial charge in [-0.1, -0.05) is 12.8 Å². The molecule has 1 aromatic heterocycles. The van der Waals surface area contributed by atoms with Gasteiger partial charge >= 0.3 is 0 Å². The van der Waals surface area contributed by atoms with Crippen LogP contribution in [0.2, 0.25) is 0 Å². The standard InChI is InChI=1S/C12H18N4O2/c13-11-8-15-10(7-16-11)12(17)14-5-6-18-9-3-1-2-4-9/h7-9H,1-6H2,(H2,13,16)(H,14,17). The predicted octanol–water partition coefficient (Wildman–Crippen LogP) is 0.748. The minimum Gasteiger partial charge on any atom is -0.382 e. The molecule has 1 heterocycles. The van der Waals surface area contributed by atoms with Crippen LogP contribution in [0.1, 0.15) is 36.2 Å². The monoisotopic (exact) mass is 250 g/mol. The van der Waals surface area contributed by atoms with Crippen LogP contribution in [0.15, 0.2) is 12.4 Å². The number of nitrogens with zero attached hydrogens (tertiary/aromatic N) is 2. The first kappa shape index (κ1) is 12.8. The summed E-state index contributed by atoms with van der Waals surface area (Å²) in [6, 6.07) is 0. The van der Waals surface area contributed by atoms with Crippen molar-refractivity contribution in [1.29, 1.82) is 0 Å². The highest BCUT2D eigenvalue weighted by Crippen LogP contribution is 2.20. The Morgan fingerprint density at radius 2 is 2.17 bits per heavy atom. The summed E-state index contributed by atoms with van der Waals surface area (Å²) >= 11 is 0. The average molecular weight is 250 g/mol. The second kappa shape index (κ2) is 6.30. The van der Waals surface area contributed by atoms with Gasteiger partial charge in [0.15, 0.2) is 0 Å². The summed E-state index contributed by atoms with van der Waals surface area (Å²) in [5.41, 5.74) is 5.66. The Morgan fingerprint density at radius 1 is 1.39 bits per heavy atom. The molecule has 18 heavy (non-hydrogen) atoms. The first-order valence-corrected chi connectivity index (χ1v) is 6.23. The van der Waals surface area contributed by atoms with E-state index in [-0.39, 0.29) is 11.6 Å². The van der Waals surface area contributed by atoms with Gasteiger partial charge in [-0.3, -0.25) is 4.79 Å². The van der Waals surface area contributed by atoms with Gasteiger partial charge in [0, 0.05) is 6.54 Å². The molecule has 6 nitrogen and oxygen atoms in total. The van der Waals surface area contributed by atoms with E-state index in [0.29, 0.717) is 25.1 Å². The normalized spacial score (nSPS) is 15.8. The summed E-state index contributed by atoms with van der Waals surface area (Å²) < 4.78 is 5.64. The van der Waals surface area contributed by atoms with Crippen LogP contribution in [-0.4, -0.2) is 35.1 Å². The molecule has 0 atom stereocenters. The number of carbonyl (C=O) groups excluding carboxylic acids is 1. The van der Waals surface area contributed by atoms with Gasteiger partial charge in [-0.2, -0.15) is 0 Å². The first-order valence-electron chi connectivity index (χ1n) is 6.23. The number of hydrogen-bond acceptors (Lipinski definition) is 5. The average Bonchev–Trinajstić information content (AvgIpc) is 2.88. The number of nitrogens with one attached hydrogen (secondary N) is 1. The molecule has 1 amide bonds. The molecular formula is C12H18N4O2. The van der Waals surface area contributed by atoms with Crippen molar-refractivity contribution in [2.45, 2.75) is 31.8 Å². The Morgan fingerprint density at radius 3 is 2.83 bits per heavy atom. The van der Waals surface area contributed by atoms with Gasteiger partial charge < -0.3 is 15.8 Å². The third-order valence-corrected chi connectivity index (χ3v) is 2.95. The molecule has 1 aliphatic rings. The molecule has 1 aromatic rings. The van der Waals surface area contributed by atoms with Crippen molar-refractivity contribution in [1.82, 2.24) is 15.3 Å². The van der Waals surface area contributed by atoms with E-state index >= 15 is 0 Å². The number of rotatable bonds is 5. The predicted molar refractivity (Wildman–Crippen MR) is 67.0 cm³/mol. The zero-order valence-corrected chi connectivity index (χ0v) is 10.3. The zero-order valence-electron chi connectivity index (χ0n) is 10.3. The molecule has 0 aromatic carbocycles. The van der Waals surface area contributed by atoms with Crippen molar-refractivity contribution >= 4 is 11.7 Å². The molecule has 0 aliphatic heterocycles. The summed E-state index contributed by atoms with van der Waals surface area (Å²) in [6.07, 6.45) is 7.87. The molecule has 2 rings (SSSR count). The lowest BCUT2D eigenvalue weighted by molar-refractivity contribution is 0.0581. The highest BCUT2D eigenvalue weighted by atomic mass is 16.5. The van der Waals surface area contributed by atoms with Crippen molar-refractivity contribution in [3.8, 4) is 0 Å². The Labute approximate surface area is 106 Å². The lowest BCUT2D eigenvalue weighted by atomic mass is 10.3. The van der Waals surface area contributed by atoms with Crippen LogP contribution < -0.4 is 11.1 Å². The molecule has 0 radical (unpaired) electrons. The second-order valence-electron chi connectivity index (χ2n) is 4.36. The lowest BCUT2D eigenvalue weighted by Crippen LogP contribution is -2.29. The van der Waals surface area contributed by atoms with Crippen LogP contribution in [0.3, 0.4) is 0 Å². The molecule has 0 spiro atoms. The first-order chi connectivity index (χ1) is 8.75. The van der Waals surface area contributed by atoms with Gasteiger partial charge in [-0.15, -0.1) is 0 Å². The number of aromatic nitrogens is 2. The van der Waals surface area contributed by atoms with E-state index in [0.717, 1.165) is 12.8 Å². The van der Waals surface area contributed by atoms with Gasteiger partial charge in [0.2, 0.25) is 0 Å². The van der Waals surface area contributed by atoms with Crippen LogP contribution in [0.5, 0.6) is 0 Å². The fourth-order valence-electron chi connectivity index (χ4n) is 1.99. The van der Waals surface area contributed by atoms with E-state index in [2.05, 4.69) is 15.3 Å². The summed E-state index contributed by atoms with van der Waals surface area (Å²) in [5.74, 6) is 0.0497. The van der Waals surface area contributed by atoms with Crippen LogP contribution in [0.4, 0.5) is 5.82 Å². The van der Waals surface area contributed by atoms with Gasteiger partial charge in [0.25, 0.3) is 5.91 Å². The number of hydrogen-bond donors (Lipinski definition) is 2. The minimum atomic E-state index is -0.252. The molecular weight excluding hydrogens is 232 g/mol. The van der Waals surface area contributed by atoms with E-state index in [1.54, 1.807) is 0 Å². The van der Waals surface area contributed by atoms with Gasteiger partial charge in [-0.05, 0) is 12.8 Å². The van der Waals surface area contributed by atoms with Crippen LogP contribution >= 0.6 is 0 Å². The van der Waals surface area contributed by atoms with Crippen LogP contribution in [0.25, 0.3) is 0 Å². The maximum Gasteiger partial charge on any atom is 0.271 e. The Kier molecular flexibility index (Phi) is 4.46. The lowest BCUT2D eigenvalue weighted by Gasteiger charge is -2.11. The molecule has 98 valence electrons. The summed E-state index contributed by atoms with van der Waals surface area (Å²) in [5, 5.41) is 2.74. The molecule has 1 saturated carbocycles. The molecule has 0 bridgehead atoms. The minimum absolute atomic E-state index is 0.252. The number of nitrogens with two attached hydrogens (primary N) is 1. The number of amides is 1. The third kappa shape index (κ3) is 3.66. The van der Waals surface area contributed by atoms with Gasteiger partial charge in [-0.25, -0.2) is 9.97 Å². The van der Waals surface area contributed by atoms with E-state index in [1.165, 1.54) is 25.2 Å². The van der Waals surface area contributed by atoms with Crippen molar-refractivity contribution < 1.29 is 9.53 Å². The Balaban J connectivity index is 1.66. The summed E-state index contributed by atoms with van der Waals surface area (Å²) in [4.78, 5) is 19.4. The summed E-state index contributed by atoms with van der Waals surface area (Å²) in [6.45, 7) is 1.03. The molecule has 6 heteroatoms.